The lowest BCUT2D eigenvalue weighted by Crippen LogP contribution is -2.31. The smallest absolute Gasteiger partial charge is 0.332 e. The molecule has 1 heterocycles. The van der Waals surface area contributed by atoms with Gasteiger partial charge in [0.05, 0.1) is 6.61 Å². The number of carboxylic acid groups (broad SMARTS) is 1. The summed E-state index contributed by atoms with van der Waals surface area (Å²) < 4.78 is 0. The molecule has 0 unspecified atom stereocenters. The Morgan fingerprint density at radius 2 is 2.22 bits per heavy atom. The van der Waals surface area contributed by atoms with Crippen molar-refractivity contribution in [1.82, 2.24) is 5.12 Å². The Bertz CT molecular complexity index is 150. The van der Waals surface area contributed by atoms with Crippen LogP contribution in [0.3, 0.4) is 0 Å². The second-order valence-electron chi connectivity index (χ2n) is 1.54. The molecule has 0 aromatic carbocycles. The SMILES string of the molecule is O=C(O)[C@H](CO)N1N=N1. The van der Waals surface area contributed by atoms with Crippen LogP contribution in [0, 0.1) is 0 Å². The fraction of sp³-hybridized carbons (Fsp3) is 0.667. The average Bonchev–Trinajstić information content (AvgIpc) is 2.50. The third-order valence-electron chi connectivity index (χ3n) is 0.929. The van der Waals surface area contributed by atoms with Crippen LogP contribution in [0.2, 0.25) is 0 Å². The summed E-state index contributed by atoms with van der Waals surface area (Å²) in [6.07, 6.45) is 0. The summed E-state index contributed by atoms with van der Waals surface area (Å²) in [5.74, 6) is -1.12. The molecule has 0 radical (unpaired) electrons. The maximum atomic E-state index is 10.1. The van der Waals surface area contributed by atoms with Gasteiger partial charge in [-0.3, -0.25) is 0 Å². The van der Waals surface area contributed by atoms with Gasteiger partial charge in [-0.05, 0) is 10.4 Å². The molecule has 0 amide bonds. The number of nitrogens with zero attached hydrogens (tertiary/aromatic N) is 3. The van der Waals surface area contributed by atoms with Gasteiger partial charge in [0.15, 0.2) is 6.04 Å². The Morgan fingerprint density at radius 3 is 2.33 bits per heavy atom. The molecule has 1 aliphatic heterocycles. The summed E-state index contributed by atoms with van der Waals surface area (Å²) >= 11 is 0. The molecule has 0 fully saturated rings. The van der Waals surface area contributed by atoms with Crippen LogP contribution in [0.15, 0.2) is 10.4 Å². The van der Waals surface area contributed by atoms with E-state index in [0.717, 1.165) is 5.12 Å². The molecule has 2 N–H and O–H groups in total. The van der Waals surface area contributed by atoms with Gasteiger partial charge in [0.2, 0.25) is 0 Å². The first-order valence-electron chi connectivity index (χ1n) is 2.30. The van der Waals surface area contributed by atoms with E-state index in [1.54, 1.807) is 0 Å². The van der Waals surface area contributed by atoms with Crippen molar-refractivity contribution >= 4 is 5.97 Å². The molecule has 6 heteroatoms. The molecule has 0 saturated carbocycles. The predicted octanol–water partition coefficient (Wildman–Crippen LogP) is -0.970. The first-order valence-corrected chi connectivity index (χ1v) is 2.30. The van der Waals surface area contributed by atoms with Gasteiger partial charge < -0.3 is 10.2 Å². The molecule has 0 aromatic heterocycles. The first kappa shape index (κ1) is 5.96. The third kappa shape index (κ3) is 1.14. The van der Waals surface area contributed by atoms with Gasteiger partial charge in [-0.1, -0.05) is 0 Å². The lowest BCUT2D eigenvalue weighted by molar-refractivity contribution is -0.142. The van der Waals surface area contributed by atoms with E-state index in [2.05, 4.69) is 10.4 Å². The summed E-state index contributed by atoms with van der Waals surface area (Å²) in [5.41, 5.74) is 0. The fourth-order valence-corrected chi connectivity index (χ4v) is 0.398. The second-order valence-corrected chi connectivity index (χ2v) is 1.54. The minimum absolute atomic E-state index is 0.470. The van der Waals surface area contributed by atoms with Crippen LogP contribution < -0.4 is 0 Å². The number of aliphatic carboxylic acids is 1. The number of hydrogen-bond acceptors (Lipinski definition) is 5. The molecule has 6 nitrogen and oxygen atoms in total. The minimum Gasteiger partial charge on any atom is -0.480 e. The molecule has 0 saturated heterocycles. The second kappa shape index (κ2) is 1.98. The molecule has 1 atom stereocenters. The largest absolute Gasteiger partial charge is 0.480 e. The van der Waals surface area contributed by atoms with Crippen LogP contribution in [0.4, 0.5) is 0 Å². The molecule has 9 heavy (non-hydrogen) atoms. The zero-order valence-electron chi connectivity index (χ0n) is 4.43. The highest BCUT2D eigenvalue weighted by molar-refractivity contribution is 5.73. The van der Waals surface area contributed by atoms with Gasteiger partial charge >= 0.3 is 5.97 Å². The number of carboxylic acids is 1. The van der Waals surface area contributed by atoms with Crippen molar-refractivity contribution in [3.8, 4) is 0 Å². The minimum atomic E-state index is -1.12. The lowest BCUT2D eigenvalue weighted by Gasteiger charge is -2.03. The quantitative estimate of drug-likeness (QED) is 0.516. The van der Waals surface area contributed by atoms with Crippen LogP contribution >= 0.6 is 0 Å². The monoisotopic (exact) mass is 131 g/mol. The van der Waals surface area contributed by atoms with E-state index in [9.17, 15) is 4.79 Å². The van der Waals surface area contributed by atoms with E-state index in [1.165, 1.54) is 0 Å². The topological polar surface area (TPSA) is 85.3 Å². The highest BCUT2D eigenvalue weighted by Crippen LogP contribution is 2.12. The zero-order valence-corrected chi connectivity index (χ0v) is 4.43. The number of rotatable bonds is 3. The van der Waals surface area contributed by atoms with Crippen molar-refractivity contribution in [2.45, 2.75) is 6.04 Å². The fourth-order valence-electron chi connectivity index (χ4n) is 0.398. The Kier molecular flexibility index (Phi) is 1.31. The van der Waals surface area contributed by atoms with Crippen molar-refractivity contribution in [3.05, 3.63) is 0 Å². The van der Waals surface area contributed by atoms with E-state index < -0.39 is 18.6 Å². The summed E-state index contributed by atoms with van der Waals surface area (Å²) in [4.78, 5) is 10.1. The number of aliphatic hydroxyl groups excluding tert-OH is 1. The normalized spacial score (nSPS) is 17.7. The Labute approximate surface area is 50.4 Å². The van der Waals surface area contributed by atoms with E-state index in [1.807, 2.05) is 0 Å². The molecule has 50 valence electrons. The van der Waals surface area contributed by atoms with Crippen molar-refractivity contribution in [2.75, 3.05) is 6.61 Å². The van der Waals surface area contributed by atoms with Gasteiger partial charge in [-0.25, -0.2) is 4.79 Å². The van der Waals surface area contributed by atoms with Gasteiger partial charge in [0, 0.05) is 0 Å². The van der Waals surface area contributed by atoms with Gasteiger partial charge in [-0.15, -0.1) is 5.12 Å². The Morgan fingerprint density at radius 1 is 1.67 bits per heavy atom. The predicted molar refractivity (Wildman–Crippen MR) is 25.2 cm³/mol. The van der Waals surface area contributed by atoms with Crippen molar-refractivity contribution in [1.29, 1.82) is 0 Å². The maximum absolute atomic E-state index is 10.1. The average molecular weight is 131 g/mol. The molecule has 0 bridgehead atoms. The molecule has 0 aromatic rings. The molecular weight excluding hydrogens is 126 g/mol. The van der Waals surface area contributed by atoms with Crippen LogP contribution in [-0.4, -0.2) is 33.9 Å². The van der Waals surface area contributed by atoms with E-state index in [0.29, 0.717) is 0 Å². The number of carbonyl (C=O) groups is 1. The standard InChI is InChI=1S/C3H5N3O3/c7-1-2(3(8)9)6-4-5-6/h2,7H,1H2,(H,8,9)/t2-/m0/s1. The van der Waals surface area contributed by atoms with Crippen molar-refractivity contribution < 1.29 is 15.0 Å². The zero-order chi connectivity index (χ0) is 6.85. The number of aliphatic hydroxyl groups is 1. The summed E-state index contributed by atoms with van der Waals surface area (Å²) in [6.45, 7) is -0.470. The maximum Gasteiger partial charge on any atom is 0.332 e. The molecule has 1 rings (SSSR count). The Hall–Kier alpha value is -1.17. The van der Waals surface area contributed by atoms with Crippen LogP contribution in [0.25, 0.3) is 0 Å². The Balaban J connectivity index is 2.38. The number of hydrogen-bond donors (Lipinski definition) is 2. The van der Waals surface area contributed by atoms with Gasteiger partial charge in [0.25, 0.3) is 0 Å². The molecular formula is C3H5N3O3. The third-order valence-corrected chi connectivity index (χ3v) is 0.929. The summed E-state index contributed by atoms with van der Waals surface area (Å²) in [6, 6.07) is -0.995. The van der Waals surface area contributed by atoms with Crippen molar-refractivity contribution in [2.24, 2.45) is 10.4 Å². The van der Waals surface area contributed by atoms with Crippen molar-refractivity contribution in [3.63, 3.8) is 0 Å². The summed E-state index contributed by atoms with van der Waals surface area (Å²) in [7, 11) is 0. The van der Waals surface area contributed by atoms with Crippen LogP contribution in [-0.2, 0) is 4.79 Å². The van der Waals surface area contributed by atoms with E-state index in [4.69, 9.17) is 10.2 Å². The van der Waals surface area contributed by atoms with Gasteiger partial charge in [-0.2, -0.15) is 0 Å². The van der Waals surface area contributed by atoms with E-state index in [-0.39, 0.29) is 0 Å². The molecule has 0 spiro atoms. The van der Waals surface area contributed by atoms with Crippen LogP contribution in [0.5, 0.6) is 0 Å². The highest BCUT2D eigenvalue weighted by Gasteiger charge is 2.30. The summed E-state index contributed by atoms with van der Waals surface area (Å²) in [5, 5.41) is 24.0. The molecule has 0 aliphatic carbocycles. The lowest BCUT2D eigenvalue weighted by atomic mass is 10.3. The highest BCUT2D eigenvalue weighted by atomic mass is 16.4. The van der Waals surface area contributed by atoms with Gasteiger partial charge in [0.1, 0.15) is 0 Å². The van der Waals surface area contributed by atoms with E-state index >= 15 is 0 Å². The van der Waals surface area contributed by atoms with Crippen LogP contribution in [0.1, 0.15) is 0 Å². The molecule has 1 aliphatic rings. The first-order chi connectivity index (χ1) is 4.25.